The fourth-order valence-electron chi connectivity index (χ4n) is 4.19. The Labute approximate surface area is 217 Å². The van der Waals surface area contributed by atoms with E-state index in [4.69, 9.17) is 23.2 Å². The van der Waals surface area contributed by atoms with E-state index >= 15 is 0 Å². The van der Waals surface area contributed by atoms with Crippen LogP contribution in [0.1, 0.15) is 16.8 Å². The third-order valence-electron chi connectivity index (χ3n) is 6.03. The number of nitrogens with one attached hydrogen (secondary N) is 2. The van der Waals surface area contributed by atoms with Crippen LogP contribution in [-0.4, -0.2) is 41.5 Å². The number of fused-ring (bicyclic) bond motifs is 1. The summed E-state index contributed by atoms with van der Waals surface area (Å²) < 4.78 is 0. The first kappa shape index (κ1) is 23.8. The predicted octanol–water partition coefficient (Wildman–Crippen LogP) is 5.50. The van der Waals surface area contributed by atoms with Crippen LogP contribution in [0.2, 0.25) is 10.0 Å². The Morgan fingerprint density at radius 2 is 1.58 bits per heavy atom. The molecule has 182 valence electrons. The van der Waals surface area contributed by atoms with Crippen molar-refractivity contribution in [3.63, 3.8) is 0 Å². The van der Waals surface area contributed by atoms with Crippen LogP contribution >= 0.6 is 23.2 Å². The van der Waals surface area contributed by atoms with Crippen molar-refractivity contribution < 1.29 is 14.4 Å². The molecule has 0 spiro atoms. The molecule has 10 heteroatoms. The second-order valence-corrected chi connectivity index (χ2v) is 9.23. The number of rotatable bonds is 4. The molecule has 2 N–H and O–H groups in total. The zero-order chi connectivity index (χ0) is 25.2. The maximum atomic E-state index is 13.1. The molecule has 1 atom stereocenters. The van der Waals surface area contributed by atoms with Crippen molar-refractivity contribution in [1.82, 2.24) is 4.90 Å². The molecule has 0 bridgehead atoms. The van der Waals surface area contributed by atoms with Crippen molar-refractivity contribution in [2.24, 2.45) is 11.0 Å². The second-order valence-electron chi connectivity index (χ2n) is 8.42. The van der Waals surface area contributed by atoms with Crippen LogP contribution in [0.5, 0.6) is 0 Å². The molecule has 0 aliphatic carbocycles. The summed E-state index contributed by atoms with van der Waals surface area (Å²) >= 11 is 11.9. The summed E-state index contributed by atoms with van der Waals surface area (Å²) in [5.41, 5.74) is 3.00. The fraction of sp³-hybridized carbons (Fsp3) is 0.154. The number of piperidine rings is 1. The van der Waals surface area contributed by atoms with E-state index in [-0.39, 0.29) is 11.8 Å². The van der Waals surface area contributed by atoms with Gasteiger partial charge < -0.3 is 15.5 Å². The summed E-state index contributed by atoms with van der Waals surface area (Å²) in [5.74, 6) is -0.717. The molecule has 0 unspecified atom stereocenters. The topological polar surface area (TPSA) is 94.1 Å². The van der Waals surface area contributed by atoms with Crippen LogP contribution < -0.4 is 15.6 Å². The minimum atomic E-state index is -0.457. The van der Waals surface area contributed by atoms with Gasteiger partial charge in [-0.1, -0.05) is 41.4 Å². The zero-order valence-corrected chi connectivity index (χ0v) is 20.5. The van der Waals surface area contributed by atoms with E-state index in [1.807, 2.05) is 18.2 Å². The molecule has 1 fully saturated rings. The second kappa shape index (κ2) is 10.0. The first-order chi connectivity index (χ1) is 17.4. The van der Waals surface area contributed by atoms with E-state index in [1.165, 1.54) is 5.01 Å². The van der Waals surface area contributed by atoms with Gasteiger partial charge in [-0.2, -0.15) is 5.10 Å². The number of halogens is 2. The molecule has 4 amide bonds. The van der Waals surface area contributed by atoms with Crippen molar-refractivity contribution in [3.05, 3.63) is 88.4 Å². The van der Waals surface area contributed by atoms with Crippen LogP contribution in [0.3, 0.4) is 0 Å². The molecular weight excluding hydrogens is 501 g/mol. The monoisotopic (exact) mass is 521 g/mol. The molecule has 2 heterocycles. The number of carbonyl (C=O) groups excluding carboxylic acids is 3. The Hall–Kier alpha value is -3.88. The van der Waals surface area contributed by atoms with Crippen LogP contribution in [0, 0.1) is 5.92 Å². The lowest BCUT2D eigenvalue weighted by Gasteiger charge is -2.30. The molecule has 36 heavy (non-hydrogen) atoms. The normalized spacial score (nSPS) is 16.9. The van der Waals surface area contributed by atoms with E-state index in [2.05, 4.69) is 15.7 Å². The van der Waals surface area contributed by atoms with Crippen molar-refractivity contribution in [3.8, 4) is 0 Å². The fourth-order valence-corrected chi connectivity index (χ4v) is 4.49. The van der Waals surface area contributed by atoms with Crippen LogP contribution in [0.25, 0.3) is 0 Å². The number of amides is 4. The van der Waals surface area contributed by atoms with Crippen LogP contribution in [0.15, 0.2) is 77.9 Å². The maximum absolute atomic E-state index is 13.1. The molecule has 2 aliphatic rings. The Morgan fingerprint density at radius 3 is 2.31 bits per heavy atom. The number of hydrogen-bond donors (Lipinski definition) is 2. The van der Waals surface area contributed by atoms with Gasteiger partial charge in [-0.3, -0.25) is 9.59 Å². The van der Waals surface area contributed by atoms with Gasteiger partial charge in [-0.15, -0.1) is 0 Å². The Morgan fingerprint density at radius 1 is 0.889 bits per heavy atom. The number of nitrogens with zero attached hydrogens (tertiary/aromatic N) is 3. The summed E-state index contributed by atoms with van der Waals surface area (Å²) in [7, 11) is 0. The molecule has 0 radical (unpaired) electrons. The molecule has 5 rings (SSSR count). The highest BCUT2D eigenvalue weighted by atomic mass is 35.5. The first-order valence-electron chi connectivity index (χ1n) is 11.3. The van der Waals surface area contributed by atoms with Crippen LogP contribution in [-0.2, 0) is 4.79 Å². The van der Waals surface area contributed by atoms with Crippen molar-refractivity contribution in [1.29, 1.82) is 0 Å². The standard InChI is InChI=1S/C26H21Cl2N5O3/c27-21-11-8-18(14-22(21)28)30-26(36)29-17-6-9-19(10-7-17)33-25(35)20-15-32(13-12-23(20)31-33)24(34)16-4-2-1-3-5-16/h1-11,14,20H,12-13,15H2,(H2,29,30,36)/t20-/m1/s1. The third kappa shape index (κ3) is 4.91. The van der Waals surface area contributed by atoms with Gasteiger partial charge in [0.1, 0.15) is 0 Å². The average molecular weight is 522 g/mol. The SMILES string of the molecule is O=C(Nc1ccc(N2N=C3CCN(C(=O)c4ccccc4)C[C@H]3C2=O)cc1)Nc1ccc(Cl)c(Cl)c1. The van der Waals surface area contributed by atoms with Crippen molar-refractivity contribution >= 4 is 63.8 Å². The molecule has 8 nitrogen and oxygen atoms in total. The summed E-state index contributed by atoms with van der Waals surface area (Å²) in [6.07, 6.45) is 0.542. The largest absolute Gasteiger partial charge is 0.337 e. The molecule has 1 saturated heterocycles. The molecular formula is C26H21Cl2N5O3. The van der Waals surface area contributed by atoms with E-state index in [0.29, 0.717) is 52.2 Å². The number of likely N-dealkylation sites (tertiary alicyclic amines) is 1. The first-order valence-corrected chi connectivity index (χ1v) is 12.0. The minimum Gasteiger partial charge on any atom is -0.337 e. The third-order valence-corrected chi connectivity index (χ3v) is 6.77. The van der Waals surface area contributed by atoms with Gasteiger partial charge in [0.05, 0.1) is 27.4 Å². The minimum absolute atomic E-state index is 0.0875. The highest BCUT2D eigenvalue weighted by molar-refractivity contribution is 6.42. The average Bonchev–Trinajstić information content (AvgIpc) is 3.22. The summed E-state index contributed by atoms with van der Waals surface area (Å²) in [5, 5.41) is 12.0. The van der Waals surface area contributed by atoms with Gasteiger partial charge in [0.25, 0.3) is 11.8 Å². The number of hydrazone groups is 1. The van der Waals surface area contributed by atoms with Gasteiger partial charge in [0.15, 0.2) is 0 Å². The van der Waals surface area contributed by atoms with Gasteiger partial charge in [-0.25, -0.2) is 9.80 Å². The van der Waals surface area contributed by atoms with Crippen molar-refractivity contribution in [2.75, 3.05) is 28.7 Å². The van der Waals surface area contributed by atoms with Gasteiger partial charge in [0.2, 0.25) is 0 Å². The summed E-state index contributed by atoms with van der Waals surface area (Å²) in [6.45, 7) is 0.817. The Bertz CT molecular complexity index is 1360. The molecule has 0 aromatic heterocycles. The van der Waals surface area contributed by atoms with E-state index in [9.17, 15) is 14.4 Å². The lowest BCUT2D eigenvalue weighted by molar-refractivity contribution is -0.120. The summed E-state index contributed by atoms with van der Waals surface area (Å²) in [6, 6.07) is 20.2. The molecule has 3 aromatic carbocycles. The smallest absolute Gasteiger partial charge is 0.323 e. The number of benzene rings is 3. The maximum Gasteiger partial charge on any atom is 0.323 e. The number of urea groups is 1. The Balaban J connectivity index is 1.21. The zero-order valence-electron chi connectivity index (χ0n) is 18.9. The van der Waals surface area contributed by atoms with Gasteiger partial charge in [-0.05, 0) is 54.6 Å². The quantitative estimate of drug-likeness (QED) is 0.474. The highest BCUT2D eigenvalue weighted by Gasteiger charge is 2.41. The molecule has 0 saturated carbocycles. The van der Waals surface area contributed by atoms with Crippen molar-refractivity contribution in [2.45, 2.75) is 6.42 Å². The predicted molar refractivity (Wildman–Crippen MR) is 141 cm³/mol. The Kier molecular flexibility index (Phi) is 6.63. The number of hydrogen-bond acceptors (Lipinski definition) is 4. The van der Waals surface area contributed by atoms with Gasteiger partial charge >= 0.3 is 6.03 Å². The number of carbonyl (C=O) groups is 3. The lowest BCUT2D eigenvalue weighted by atomic mass is 9.95. The summed E-state index contributed by atoms with van der Waals surface area (Å²) in [4.78, 5) is 40.0. The van der Waals surface area contributed by atoms with E-state index in [0.717, 1.165) is 5.71 Å². The van der Waals surface area contributed by atoms with Crippen LogP contribution in [0.4, 0.5) is 21.9 Å². The lowest BCUT2D eigenvalue weighted by Crippen LogP contribution is -2.46. The molecule has 2 aliphatic heterocycles. The van der Waals surface area contributed by atoms with Gasteiger partial charge in [0, 0.05) is 36.4 Å². The van der Waals surface area contributed by atoms with E-state index < -0.39 is 11.9 Å². The van der Waals surface area contributed by atoms with E-state index in [1.54, 1.807) is 59.5 Å². The highest BCUT2D eigenvalue weighted by Crippen LogP contribution is 2.30. The number of anilines is 3. The molecule has 3 aromatic rings.